The molecule has 0 radical (unpaired) electrons. The van der Waals surface area contributed by atoms with Gasteiger partial charge in [-0.05, 0) is 56.4 Å². The van der Waals surface area contributed by atoms with Crippen molar-refractivity contribution in [1.29, 1.82) is 0 Å². The topological polar surface area (TPSA) is 139 Å². The molecule has 0 atom stereocenters. The number of ether oxygens (including phenoxy) is 3. The van der Waals surface area contributed by atoms with Crippen LogP contribution in [0.1, 0.15) is 25.5 Å². The Morgan fingerprint density at radius 2 is 1.96 bits per heavy atom. The Morgan fingerprint density at radius 3 is 2.73 bits per heavy atom. The first kappa shape index (κ1) is 33.0. The molecule has 0 aliphatic carbocycles. The summed E-state index contributed by atoms with van der Waals surface area (Å²) in [5.74, 6) is 1.70. The van der Waals surface area contributed by atoms with Crippen LogP contribution in [0.5, 0.6) is 5.75 Å². The molecule has 1 aliphatic rings. The number of piperidine rings is 1. The molecule has 45 heavy (non-hydrogen) atoms. The molecule has 240 valence electrons. The highest BCUT2D eigenvalue weighted by atomic mass is 127. The normalized spacial score (nSPS) is 13.8. The Balaban J connectivity index is 1.17. The summed E-state index contributed by atoms with van der Waals surface area (Å²) in [5.41, 5.74) is 2.13. The van der Waals surface area contributed by atoms with E-state index in [1.54, 1.807) is 41.9 Å². The maximum Gasteiger partial charge on any atom is 0.293 e. The molecule has 3 aromatic heterocycles. The van der Waals surface area contributed by atoms with Gasteiger partial charge in [0.2, 0.25) is 9.74 Å². The number of fused-ring (bicyclic) bond motifs is 1. The summed E-state index contributed by atoms with van der Waals surface area (Å²) in [7, 11) is 1.67. The predicted molar refractivity (Wildman–Crippen MR) is 180 cm³/mol. The number of carbonyl (C=O) groups excluding carboxylic acids is 1. The number of hydrogen-bond donors (Lipinski definition) is 1. The van der Waals surface area contributed by atoms with Crippen LogP contribution in [0.3, 0.4) is 0 Å². The second-order valence-corrected chi connectivity index (χ2v) is 12.3. The van der Waals surface area contributed by atoms with Crippen LogP contribution in [0.15, 0.2) is 41.5 Å². The summed E-state index contributed by atoms with van der Waals surface area (Å²) in [5, 5.41) is 13.0. The number of hydrogen-bond acceptors (Lipinski definition) is 11. The van der Waals surface area contributed by atoms with Crippen LogP contribution in [0.2, 0.25) is 5.02 Å². The van der Waals surface area contributed by atoms with Crippen molar-refractivity contribution < 1.29 is 19.0 Å². The Labute approximate surface area is 279 Å². The molecule has 1 saturated heterocycles. The Morgan fingerprint density at radius 1 is 1.16 bits per heavy atom. The first-order chi connectivity index (χ1) is 21.8. The number of rotatable bonds is 15. The van der Waals surface area contributed by atoms with E-state index in [-0.39, 0.29) is 21.7 Å². The van der Waals surface area contributed by atoms with Gasteiger partial charge in [0.05, 0.1) is 43.8 Å². The van der Waals surface area contributed by atoms with Crippen LogP contribution < -0.4 is 20.5 Å². The molecule has 1 aromatic carbocycles. The molecule has 0 amide bonds. The van der Waals surface area contributed by atoms with Crippen molar-refractivity contribution in [2.24, 2.45) is 13.0 Å². The fourth-order valence-corrected chi connectivity index (χ4v) is 5.49. The summed E-state index contributed by atoms with van der Waals surface area (Å²) >= 11 is 8.13. The van der Waals surface area contributed by atoms with Gasteiger partial charge in [-0.15, -0.1) is 5.10 Å². The molecule has 0 saturated carbocycles. The van der Waals surface area contributed by atoms with Gasteiger partial charge in [0, 0.05) is 66.6 Å². The number of nitrogens with one attached hydrogen (secondary N) is 1. The van der Waals surface area contributed by atoms with E-state index in [2.05, 4.69) is 25.5 Å². The monoisotopic (exact) mass is 750 g/mol. The minimum absolute atomic E-state index is 0.112. The van der Waals surface area contributed by atoms with E-state index in [0.717, 1.165) is 54.6 Å². The second-order valence-electron chi connectivity index (χ2n) is 10.7. The number of nitrogens with zero attached hydrogens (tertiary/aromatic N) is 7. The van der Waals surface area contributed by atoms with Crippen LogP contribution in [-0.4, -0.2) is 79.4 Å². The molecular formula is C30H36ClIN8O5. The minimum atomic E-state index is -0.311. The Bertz CT molecular complexity index is 1670. The largest absolute Gasteiger partial charge is 0.479 e. The summed E-state index contributed by atoms with van der Waals surface area (Å²) in [6.45, 7) is 6.55. The lowest BCUT2D eigenvalue weighted by Gasteiger charge is -2.31. The summed E-state index contributed by atoms with van der Waals surface area (Å²) < 4.78 is 19.4. The highest BCUT2D eigenvalue weighted by Gasteiger charge is 2.23. The van der Waals surface area contributed by atoms with E-state index in [0.29, 0.717) is 55.7 Å². The lowest BCUT2D eigenvalue weighted by atomic mass is 9.92. The zero-order valence-corrected chi connectivity index (χ0v) is 28.2. The Kier molecular flexibility index (Phi) is 11.6. The number of carbonyl (C=O) groups is 1. The van der Waals surface area contributed by atoms with Crippen molar-refractivity contribution in [2.45, 2.75) is 32.7 Å². The van der Waals surface area contributed by atoms with E-state index < -0.39 is 0 Å². The van der Waals surface area contributed by atoms with Crippen LogP contribution >= 0.6 is 34.2 Å². The van der Waals surface area contributed by atoms with E-state index in [1.807, 2.05) is 36.0 Å². The highest BCUT2D eigenvalue weighted by Crippen LogP contribution is 2.29. The first-order valence-corrected chi connectivity index (χ1v) is 16.3. The summed E-state index contributed by atoms with van der Waals surface area (Å²) in [6, 6.07) is 7.21. The predicted octanol–water partition coefficient (Wildman–Crippen LogP) is 4.17. The number of aromatic nitrogens is 6. The zero-order valence-electron chi connectivity index (χ0n) is 25.2. The summed E-state index contributed by atoms with van der Waals surface area (Å²) in [4.78, 5) is 35.4. The number of anilines is 3. The van der Waals surface area contributed by atoms with Crippen LogP contribution in [0.4, 0.5) is 17.5 Å². The smallest absolute Gasteiger partial charge is 0.293 e. The number of halogens is 2. The van der Waals surface area contributed by atoms with Crippen molar-refractivity contribution >= 4 is 66.3 Å². The van der Waals surface area contributed by atoms with E-state index >= 15 is 0 Å². The third-order valence-electron chi connectivity index (χ3n) is 7.55. The van der Waals surface area contributed by atoms with Crippen LogP contribution in [0.25, 0.3) is 10.9 Å². The average molecular weight is 751 g/mol. The average Bonchev–Trinajstić information content (AvgIpc) is 3.48. The minimum Gasteiger partial charge on any atom is -0.479 e. The van der Waals surface area contributed by atoms with E-state index in [4.69, 9.17) is 30.8 Å². The van der Waals surface area contributed by atoms with Gasteiger partial charge in [-0.3, -0.25) is 9.59 Å². The van der Waals surface area contributed by atoms with Crippen LogP contribution in [-0.2, 0) is 34.3 Å². The standard InChI is InChI=1S/C30H36ClIN8O5/c1-3-43-12-13-44-11-10-40-18-23(36-37-40)14-20-6-8-39(9-7-20)30-33-17-24(31)28(35-30)34-22-4-5-25-21(15-22)16-26(29(42)38(25)2)45-19-27(32)41/h4-5,15-18,20H,3,6-14,19H2,1-2H3,(H,33,34,35). The lowest BCUT2D eigenvalue weighted by molar-refractivity contribution is -0.111. The van der Waals surface area contributed by atoms with Crippen molar-refractivity contribution in [3.8, 4) is 5.75 Å². The Hall–Kier alpha value is -3.34. The molecule has 4 heterocycles. The van der Waals surface area contributed by atoms with Gasteiger partial charge in [-0.1, -0.05) is 16.8 Å². The number of pyridine rings is 1. The third-order valence-corrected chi connectivity index (χ3v) is 8.14. The van der Waals surface area contributed by atoms with Gasteiger partial charge in [-0.25, -0.2) is 9.67 Å². The van der Waals surface area contributed by atoms with Crippen molar-refractivity contribution in [3.05, 3.63) is 57.7 Å². The molecule has 1 aliphatic heterocycles. The maximum atomic E-state index is 12.6. The molecule has 1 N–H and O–H groups in total. The molecule has 0 bridgehead atoms. The fraction of sp³-hybridized carbons (Fsp3) is 0.467. The van der Waals surface area contributed by atoms with Gasteiger partial charge in [-0.2, -0.15) is 4.98 Å². The highest BCUT2D eigenvalue weighted by molar-refractivity contribution is 14.1. The van der Waals surface area contributed by atoms with E-state index in [9.17, 15) is 9.59 Å². The molecule has 0 spiro atoms. The van der Waals surface area contributed by atoms with Gasteiger partial charge in [0.25, 0.3) is 5.56 Å². The van der Waals surface area contributed by atoms with Crippen molar-refractivity contribution in [1.82, 2.24) is 29.5 Å². The SMILES string of the molecule is CCOCCOCCn1cc(CC2CCN(c3ncc(Cl)c(Nc4ccc5c(c4)cc(OCC(=O)I)c(=O)n5C)n3)CC2)nn1. The second kappa shape index (κ2) is 15.8. The summed E-state index contributed by atoms with van der Waals surface area (Å²) in [6.07, 6.45) is 6.46. The molecule has 0 unspecified atom stereocenters. The quantitative estimate of drug-likeness (QED) is 0.107. The van der Waals surface area contributed by atoms with Gasteiger partial charge >= 0.3 is 0 Å². The number of aryl methyl sites for hydroxylation is 1. The van der Waals surface area contributed by atoms with E-state index in [1.165, 1.54) is 4.57 Å². The maximum absolute atomic E-state index is 12.6. The molecule has 5 rings (SSSR count). The number of benzene rings is 1. The van der Waals surface area contributed by atoms with Gasteiger partial charge < -0.3 is 29.0 Å². The third kappa shape index (κ3) is 8.89. The zero-order chi connectivity index (χ0) is 31.8. The molecule has 15 heteroatoms. The van der Waals surface area contributed by atoms with Crippen molar-refractivity contribution in [3.63, 3.8) is 0 Å². The molecule has 4 aromatic rings. The first-order valence-electron chi connectivity index (χ1n) is 14.8. The lowest BCUT2D eigenvalue weighted by Crippen LogP contribution is -2.35. The van der Waals surface area contributed by atoms with Crippen LogP contribution in [0, 0.1) is 5.92 Å². The van der Waals surface area contributed by atoms with Gasteiger partial charge in [0.1, 0.15) is 5.02 Å². The van der Waals surface area contributed by atoms with Crippen molar-refractivity contribution in [2.75, 3.05) is 56.3 Å². The molecule has 13 nitrogen and oxygen atoms in total. The molecule has 1 fully saturated rings. The molecular weight excluding hydrogens is 715 g/mol. The fourth-order valence-electron chi connectivity index (χ4n) is 5.20. The van der Waals surface area contributed by atoms with Gasteiger partial charge in [0.15, 0.2) is 18.2 Å².